The van der Waals surface area contributed by atoms with Gasteiger partial charge >= 0.3 is 0 Å². The van der Waals surface area contributed by atoms with Gasteiger partial charge in [-0.2, -0.15) is 0 Å². The summed E-state index contributed by atoms with van der Waals surface area (Å²) >= 11 is 6.43. The molecule has 3 nitrogen and oxygen atoms in total. The zero-order valence-corrected chi connectivity index (χ0v) is 13.9. The first-order valence-electron chi connectivity index (χ1n) is 8.04. The van der Waals surface area contributed by atoms with Crippen LogP contribution in [0.2, 0.25) is 5.02 Å². The van der Waals surface area contributed by atoms with E-state index in [1.807, 2.05) is 12.1 Å². The molecule has 1 aromatic carbocycles. The van der Waals surface area contributed by atoms with Crippen LogP contribution >= 0.6 is 11.6 Å². The summed E-state index contributed by atoms with van der Waals surface area (Å²) in [6.07, 6.45) is 8.62. The Bertz CT molecular complexity index is 608. The number of H-pyrrole nitrogens is 1. The summed E-state index contributed by atoms with van der Waals surface area (Å²) in [6.45, 7) is 2.27. The molecule has 1 saturated carbocycles. The predicted octanol–water partition coefficient (Wildman–Crippen LogP) is 4.83. The van der Waals surface area contributed by atoms with E-state index in [1.165, 1.54) is 24.1 Å². The predicted molar refractivity (Wildman–Crippen MR) is 89.5 cm³/mol. The maximum atomic E-state index is 6.43. The lowest BCUT2D eigenvalue weighted by Crippen LogP contribution is -2.17. The molecule has 3 rings (SSSR count). The number of ether oxygens (including phenoxy) is 1. The molecule has 2 aromatic rings. The molecule has 0 spiro atoms. The summed E-state index contributed by atoms with van der Waals surface area (Å²) in [5.74, 6) is 2.70. The number of benzene rings is 1. The molecular weight excluding hydrogens is 296 g/mol. The largest absolute Gasteiger partial charge is 0.497 e. The van der Waals surface area contributed by atoms with Gasteiger partial charge in [0.1, 0.15) is 5.75 Å². The lowest BCUT2D eigenvalue weighted by molar-refractivity contribution is 0.366. The smallest absolute Gasteiger partial charge is 0.120 e. The molecule has 1 N–H and O–H groups in total. The van der Waals surface area contributed by atoms with Gasteiger partial charge in [-0.05, 0) is 48.8 Å². The number of rotatable bonds is 7. The average molecular weight is 319 g/mol. The Kier molecular flexibility index (Phi) is 4.72. The van der Waals surface area contributed by atoms with Gasteiger partial charge < -0.3 is 9.72 Å². The molecule has 0 radical (unpaired) electrons. The summed E-state index contributed by atoms with van der Waals surface area (Å²) in [4.78, 5) is 7.64. The highest BCUT2D eigenvalue weighted by atomic mass is 35.5. The molecule has 1 heterocycles. The molecule has 0 amide bonds. The minimum atomic E-state index is 0.536. The summed E-state index contributed by atoms with van der Waals surface area (Å²) in [5, 5.41) is 0.800. The Balaban J connectivity index is 1.81. The zero-order valence-electron chi connectivity index (χ0n) is 13.2. The van der Waals surface area contributed by atoms with Gasteiger partial charge in [0.15, 0.2) is 0 Å². The van der Waals surface area contributed by atoms with Crippen molar-refractivity contribution in [3.8, 4) is 5.75 Å². The average Bonchev–Trinajstić information content (AvgIpc) is 3.22. The Morgan fingerprint density at radius 3 is 2.77 bits per heavy atom. The highest BCUT2D eigenvalue weighted by Crippen LogP contribution is 2.48. The molecule has 0 saturated heterocycles. The number of hydrogen-bond donors (Lipinski definition) is 1. The van der Waals surface area contributed by atoms with Gasteiger partial charge in [-0.3, -0.25) is 0 Å². The van der Waals surface area contributed by atoms with Crippen molar-refractivity contribution in [3.05, 3.63) is 47.0 Å². The fourth-order valence-electron chi connectivity index (χ4n) is 3.41. The van der Waals surface area contributed by atoms with Gasteiger partial charge in [-0.1, -0.05) is 31.0 Å². The zero-order chi connectivity index (χ0) is 15.5. The van der Waals surface area contributed by atoms with E-state index in [1.54, 1.807) is 13.4 Å². The lowest BCUT2D eigenvalue weighted by atomic mass is 9.80. The van der Waals surface area contributed by atoms with Crippen LogP contribution in [0.5, 0.6) is 5.75 Å². The number of nitrogens with zero attached hydrogens (tertiary/aromatic N) is 1. The number of aromatic amines is 1. The lowest BCUT2D eigenvalue weighted by Gasteiger charge is -2.25. The van der Waals surface area contributed by atoms with Crippen molar-refractivity contribution in [2.75, 3.05) is 7.11 Å². The summed E-state index contributed by atoms with van der Waals surface area (Å²) in [7, 11) is 1.67. The van der Waals surface area contributed by atoms with Gasteiger partial charge in [0.25, 0.3) is 0 Å². The van der Waals surface area contributed by atoms with Crippen LogP contribution in [0.15, 0.2) is 30.7 Å². The van der Waals surface area contributed by atoms with Crippen LogP contribution in [-0.4, -0.2) is 17.1 Å². The van der Waals surface area contributed by atoms with Gasteiger partial charge in [0, 0.05) is 17.1 Å². The second-order valence-corrected chi connectivity index (χ2v) is 6.59. The molecule has 1 fully saturated rings. The first-order valence-corrected chi connectivity index (χ1v) is 8.41. The van der Waals surface area contributed by atoms with Crippen LogP contribution in [0, 0.1) is 11.8 Å². The minimum Gasteiger partial charge on any atom is -0.497 e. The van der Waals surface area contributed by atoms with E-state index >= 15 is 0 Å². The molecule has 0 bridgehead atoms. The fraction of sp³-hybridized carbons (Fsp3) is 0.500. The van der Waals surface area contributed by atoms with Crippen molar-refractivity contribution in [1.82, 2.24) is 9.97 Å². The Hall–Kier alpha value is -1.48. The van der Waals surface area contributed by atoms with E-state index in [-0.39, 0.29) is 0 Å². The second kappa shape index (κ2) is 6.74. The first-order chi connectivity index (χ1) is 10.7. The molecule has 1 aromatic heterocycles. The van der Waals surface area contributed by atoms with Gasteiger partial charge in [-0.25, -0.2) is 4.98 Å². The maximum absolute atomic E-state index is 6.43. The van der Waals surface area contributed by atoms with Crippen molar-refractivity contribution in [1.29, 1.82) is 0 Å². The fourth-order valence-corrected chi connectivity index (χ4v) is 3.65. The Morgan fingerprint density at radius 1 is 1.41 bits per heavy atom. The standard InChI is InChI=1S/C18H23ClN2O/c1-3-12(8-14-6-7-15(22-2)9-16(14)19)18(13-4-5-13)17-10-20-11-21-17/h6-7,9-13,18H,3-5,8H2,1-2H3,(H,20,21). The number of imidazole rings is 1. The van der Waals surface area contributed by atoms with Gasteiger partial charge in [-0.15, -0.1) is 0 Å². The summed E-state index contributed by atoms with van der Waals surface area (Å²) < 4.78 is 5.24. The summed E-state index contributed by atoms with van der Waals surface area (Å²) in [5.41, 5.74) is 2.41. The van der Waals surface area contributed by atoms with Crippen LogP contribution in [0.3, 0.4) is 0 Å². The highest BCUT2D eigenvalue weighted by molar-refractivity contribution is 6.31. The van der Waals surface area contributed by atoms with Crippen LogP contribution in [0.1, 0.15) is 43.4 Å². The van der Waals surface area contributed by atoms with E-state index in [0.29, 0.717) is 11.8 Å². The molecule has 1 aliphatic rings. The highest BCUT2D eigenvalue weighted by Gasteiger charge is 2.38. The van der Waals surface area contributed by atoms with Crippen molar-refractivity contribution in [2.24, 2.45) is 11.8 Å². The minimum absolute atomic E-state index is 0.536. The number of methoxy groups -OCH3 is 1. The molecule has 0 aliphatic heterocycles. The van der Waals surface area contributed by atoms with Gasteiger partial charge in [0.2, 0.25) is 0 Å². The van der Waals surface area contributed by atoms with E-state index in [2.05, 4.69) is 29.2 Å². The third-order valence-corrected chi connectivity index (χ3v) is 5.12. The monoisotopic (exact) mass is 318 g/mol. The normalized spacial score (nSPS) is 17.2. The quantitative estimate of drug-likeness (QED) is 0.793. The van der Waals surface area contributed by atoms with Crippen molar-refractivity contribution < 1.29 is 4.74 Å². The Labute approximate surface area is 137 Å². The van der Waals surface area contributed by atoms with Crippen LogP contribution in [0.25, 0.3) is 0 Å². The third kappa shape index (κ3) is 3.30. The van der Waals surface area contributed by atoms with Crippen molar-refractivity contribution in [3.63, 3.8) is 0 Å². The van der Waals surface area contributed by atoms with Crippen LogP contribution in [-0.2, 0) is 6.42 Å². The van der Waals surface area contributed by atoms with E-state index in [0.717, 1.165) is 29.5 Å². The number of halogens is 1. The topological polar surface area (TPSA) is 37.9 Å². The molecule has 2 unspecified atom stereocenters. The maximum Gasteiger partial charge on any atom is 0.120 e. The van der Waals surface area contributed by atoms with E-state index in [4.69, 9.17) is 16.3 Å². The molecule has 4 heteroatoms. The van der Waals surface area contributed by atoms with Crippen molar-refractivity contribution >= 4 is 11.6 Å². The van der Waals surface area contributed by atoms with E-state index in [9.17, 15) is 0 Å². The SMILES string of the molecule is CCC(Cc1ccc(OC)cc1Cl)C(c1c[nH]cn1)C1CC1. The van der Waals surface area contributed by atoms with E-state index < -0.39 is 0 Å². The van der Waals surface area contributed by atoms with Crippen LogP contribution < -0.4 is 4.74 Å². The number of nitrogens with one attached hydrogen (secondary N) is 1. The molecule has 1 aliphatic carbocycles. The van der Waals surface area contributed by atoms with Gasteiger partial charge in [0.05, 0.1) is 19.1 Å². The first kappa shape index (κ1) is 15.4. The molecule has 22 heavy (non-hydrogen) atoms. The molecule has 2 atom stereocenters. The summed E-state index contributed by atoms with van der Waals surface area (Å²) in [6, 6.07) is 6.00. The molecule has 118 valence electrons. The van der Waals surface area contributed by atoms with Crippen molar-refractivity contribution in [2.45, 2.75) is 38.5 Å². The molecular formula is C18H23ClN2O. The third-order valence-electron chi connectivity index (χ3n) is 4.77. The second-order valence-electron chi connectivity index (χ2n) is 6.19. The number of aromatic nitrogens is 2. The van der Waals surface area contributed by atoms with Crippen LogP contribution in [0.4, 0.5) is 0 Å². The number of hydrogen-bond acceptors (Lipinski definition) is 2. The Morgan fingerprint density at radius 2 is 2.23 bits per heavy atom.